The molecule has 0 saturated carbocycles. The van der Waals surface area contributed by atoms with E-state index in [0.717, 1.165) is 36.3 Å². The van der Waals surface area contributed by atoms with E-state index in [1.54, 1.807) is 6.33 Å². The zero-order valence-corrected chi connectivity index (χ0v) is 13.4. The van der Waals surface area contributed by atoms with E-state index in [4.69, 9.17) is 0 Å². The molecule has 2 aromatic heterocycles. The molecular formula is C16H21N3OS. The predicted molar refractivity (Wildman–Crippen MR) is 86.9 cm³/mol. The number of aryl methyl sites for hydroxylation is 1. The van der Waals surface area contributed by atoms with Gasteiger partial charge in [0.1, 0.15) is 6.33 Å². The Hall–Kier alpha value is -1.49. The van der Waals surface area contributed by atoms with Crippen molar-refractivity contribution in [3.05, 3.63) is 35.9 Å². The van der Waals surface area contributed by atoms with Crippen LogP contribution in [0.5, 0.6) is 0 Å². The van der Waals surface area contributed by atoms with E-state index in [2.05, 4.69) is 11.2 Å². The van der Waals surface area contributed by atoms with E-state index >= 15 is 0 Å². The number of thioether (sulfide) groups is 1. The van der Waals surface area contributed by atoms with Crippen LogP contribution in [0.4, 0.5) is 0 Å². The van der Waals surface area contributed by atoms with Crippen LogP contribution in [-0.4, -0.2) is 45.3 Å². The number of amides is 1. The first-order valence-electron chi connectivity index (χ1n) is 7.40. The smallest absolute Gasteiger partial charge is 0.274 e. The average molecular weight is 303 g/mol. The van der Waals surface area contributed by atoms with Crippen molar-refractivity contribution in [2.75, 3.05) is 25.1 Å². The fourth-order valence-corrected chi connectivity index (χ4v) is 3.77. The standard InChI is InChI=1S/C16H21N3OS/c1-12-5-7-19-11-17-15(14(19)8-12)16(20)18-6-3-4-13(9-18)10-21-2/h5,7-8,11,13H,3-4,6,9-10H2,1-2H3. The molecule has 5 heteroatoms. The molecule has 21 heavy (non-hydrogen) atoms. The third kappa shape index (κ3) is 2.93. The van der Waals surface area contributed by atoms with Gasteiger partial charge < -0.3 is 9.30 Å². The van der Waals surface area contributed by atoms with Gasteiger partial charge in [-0.2, -0.15) is 11.8 Å². The topological polar surface area (TPSA) is 37.6 Å². The van der Waals surface area contributed by atoms with Gasteiger partial charge in [0, 0.05) is 19.3 Å². The van der Waals surface area contributed by atoms with E-state index in [9.17, 15) is 4.79 Å². The number of likely N-dealkylation sites (tertiary alicyclic amines) is 1. The lowest BCUT2D eigenvalue weighted by Gasteiger charge is -2.32. The lowest BCUT2D eigenvalue weighted by molar-refractivity contribution is 0.0682. The van der Waals surface area contributed by atoms with Crippen LogP contribution in [0.15, 0.2) is 24.7 Å². The number of hydrogen-bond acceptors (Lipinski definition) is 3. The quantitative estimate of drug-likeness (QED) is 0.875. The molecular weight excluding hydrogens is 282 g/mol. The van der Waals surface area contributed by atoms with Gasteiger partial charge in [-0.05, 0) is 55.4 Å². The maximum Gasteiger partial charge on any atom is 0.274 e. The molecule has 1 saturated heterocycles. The van der Waals surface area contributed by atoms with E-state index in [-0.39, 0.29) is 5.91 Å². The molecule has 1 aliphatic rings. The van der Waals surface area contributed by atoms with Crippen LogP contribution in [0.3, 0.4) is 0 Å². The highest BCUT2D eigenvalue weighted by molar-refractivity contribution is 7.98. The van der Waals surface area contributed by atoms with Gasteiger partial charge in [-0.25, -0.2) is 4.98 Å². The maximum atomic E-state index is 12.8. The molecule has 3 heterocycles. The molecule has 112 valence electrons. The summed E-state index contributed by atoms with van der Waals surface area (Å²) in [6.45, 7) is 3.76. The first kappa shape index (κ1) is 14.4. The van der Waals surface area contributed by atoms with Crippen LogP contribution >= 0.6 is 11.8 Å². The molecule has 0 spiro atoms. The minimum atomic E-state index is 0.0777. The number of carbonyl (C=O) groups excluding carboxylic acids is 1. The van der Waals surface area contributed by atoms with Gasteiger partial charge in [0.05, 0.1) is 5.52 Å². The van der Waals surface area contributed by atoms with Crippen molar-refractivity contribution in [2.24, 2.45) is 5.92 Å². The minimum Gasteiger partial charge on any atom is -0.337 e. The van der Waals surface area contributed by atoms with Gasteiger partial charge in [-0.15, -0.1) is 0 Å². The molecule has 0 bridgehead atoms. The van der Waals surface area contributed by atoms with Crippen molar-refractivity contribution in [3.8, 4) is 0 Å². The van der Waals surface area contributed by atoms with Gasteiger partial charge in [-0.3, -0.25) is 4.79 Å². The van der Waals surface area contributed by atoms with E-state index in [0.29, 0.717) is 11.6 Å². The van der Waals surface area contributed by atoms with Crippen molar-refractivity contribution in [2.45, 2.75) is 19.8 Å². The largest absolute Gasteiger partial charge is 0.337 e. The Morgan fingerprint density at radius 2 is 2.38 bits per heavy atom. The summed E-state index contributed by atoms with van der Waals surface area (Å²) in [5, 5.41) is 0. The summed E-state index contributed by atoms with van der Waals surface area (Å²) in [5.74, 6) is 1.83. The van der Waals surface area contributed by atoms with Gasteiger partial charge in [-0.1, -0.05) is 0 Å². The molecule has 3 rings (SSSR count). The summed E-state index contributed by atoms with van der Waals surface area (Å²) in [6, 6.07) is 4.06. The Labute approximate surface area is 129 Å². The predicted octanol–water partition coefficient (Wildman–Crippen LogP) is 2.86. The second kappa shape index (κ2) is 6.10. The highest BCUT2D eigenvalue weighted by Crippen LogP contribution is 2.22. The molecule has 1 amide bonds. The summed E-state index contributed by atoms with van der Waals surface area (Å²) >= 11 is 1.87. The van der Waals surface area contributed by atoms with Gasteiger partial charge >= 0.3 is 0 Å². The molecule has 0 aliphatic carbocycles. The first-order chi connectivity index (χ1) is 10.2. The third-order valence-corrected chi connectivity index (χ3v) is 4.91. The second-order valence-electron chi connectivity index (χ2n) is 5.80. The summed E-state index contributed by atoms with van der Waals surface area (Å²) in [4.78, 5) is 19.1. The first-order valence-corrected chi connectivity index (χ1v) is 8.80. The van der Waals surface area contributed by atoms with Crippen LogP contribution in [0.25, 0.3) is 5.52 Å². The number of rotatable bonds is 3. The third-order valence-electron chi connectivity index (χ3n) is 4.11. The lowest BCUT2D eigenvalue weighted by Crippen LogP contribution is -2.40. The van der Waals surface area contributed by atoms with E-state index in [1.807, 2.05) is 46.3 Å². The molecule has 0 aromatic carbocycles. The van der Waals surface area contributed by atoms with E-state index in [1.165, 1.54) is 6.42 Å². The fraction of sp³-hybridized carbons (Fsp3) is 0.500. The molecule has 1 fully saturated rings. The van der Waals surface area contributed by atoms with Crippen LogP contribution in [0, 0.1) is 12.8 Å². The summed E-state index contributed by atoms with van der Waals surface area (Å²) in [5.41, 5.74) is 2.64. The Kier molecular flexibility index (Phi) is 4.19. The van der Waals surface area contributed by atoms with Crippen LogP contribution in [0.2, 0.25) is 0 Å². The average Bonchev–Trinajstić information content (AvgIpc) is 2.90. The fourth-order valence-electron chi connectivity index (χ4n) is 3.03. The monoisotopic (exact) mass is 303 g/mol. The Bertz CT molecular complexity index is 650. The highest BCUT2D eigenvalue weighted by atomic mass is 32.2. The number of aromatic nitrogens is 2. The maximum absolute atomic E-state index is 12.8. The molecule has 1 unspecified atom stereocenters. The van der Waals surface area contributed by atoms with Crippen molar-refractivity contribution in [1.82, 2.24) is 14.3 Å². The molecule has 1 atom stereocenters. The Morgan fingerprint density at radius 1 is 1.52 bits per heavy atom. The van der Waals surface area contributed by atoms with Crippen molar-refractivity contribution >= 4 is 23.2 Å². The summed E-state index contributed by atoms with van der Waals surface area (Å²) in [6.07, 6.45) is 8.15. The van der Waals surface area contributed by atoms with Crippen LogP contribution < -0.4 is 0 Å². The molecule has 2 aromatic rings. The van der Waals surface area contributed by atoms with Crippen molar-refractivity contribution in [3.63, 3.8) is 0 Å². The van der Waals surface area contributed by atoms with Crippen molar-refractivity contribution < 1.29 is 4.79 Å². The molecule has 0 N–H and O–H groups in total. The molecule has 1 aliphatic heterocycles. The molecule has 4 nitrogen and oxygen atoms in total. The SMILES string of the molecule is CSCC1CCCN(C(=O)c2ncn3ccc(C)cc23)C1. The molecule has 0 radical (unpaired) electrons. The van der Waals surface area contributed by atoms with E-state index < -0.39 is 0 Å². The number of hydrogen-bond donors (Lipinski definition) is 0. The van der Waals surface area contributed by atoms with Crippen molar-refractivity contribution in [1.29, 1.82) is 0 Å². The number of pyridine rings is 1. The zero-order chi connectivity index (χ0) is 14.8. The zero-order valence-electron chi connectivity index (χ0n) is 12.6. The summed E-state index contributed by atoms with van der Waals surface area (Å²) < 4.78 is 1.92. The second-order valence-corrected chi connectivity index (χ2v) is 6.72. The highest BCUT2D eigenvalue weighted by Gasteiger charge is 2.26. The number of piperidine rings is 1. The number of nitrogens with zero attached hydrogens (tertiary/aromatic N) is 3. The van der Waals surface area contributed by atoms with Gasteiger partial charge in [0.2, 0.25) is 0 Å². The Balaban J connectivity index is 1.84. The van der Waals surface area contributed by atoms with Gasteiger partial charge in [0.25, 0.3) is 5.91 Å². The number of carbonyl (C=O) groups is 1. The summed E-state index contributed by atoms with van der Waals surface area (Å²) in [7, 11) is 0. The Morgan fingerprint density at radius 3 is 3.19 bits per heavy atom. The van der Waals surface area contributed by atoms with Crippen LogP contribution in [0.1, 0.15) is 28.9 Å². The minimum absolute atomic E-state index is 0.0777. The normalized spacial score (nSPS) is 19.1. The number of imidazole rings is 1. The number of fused-ring (bicyclic) bond motifs is 1. The van der Waals surface area contributed by atoms with Crippen LogP contribution in [-0.2, 0) is 0 Å². The lowest BCUT2D eigenvalue weighted by atomic mass is 10.00. The van der Waals surface area contributed by atoms with Gasteiger partial charge in [0.15, 0.2) is 5.69 Å².